The van der Waals surface area contributed by atoms with E-state index in [0.29, 0.717) is 6.54 Å². The molecule has 3 heterocycles. The highest BCUT2D eigenvalue weighted by molar-refractivity contribution is 14.0. The Balaban J connectivity index is 0.00000289. The normalized spacial score (nSPS) is 17.5. The summed E-state index contributed by atoms with van der Waals surface area (Å²) in [7, 11) is 3.37. The van der Waals surface area contributed by atoms with Gasteiger partial charge in [0.15, 0.2) is 17.5 Å². The summed E-state index contributed by atoms with van der Waals surface area (Å²) in [5.41, 5.74) is 2.58. The van der Waals surface area contributed by atoms with Crippen LogP contribution in [-0.2, 0) is 13.0 Å². The van der Waals surface area contributed by atoms with Gasteiger partial charge < -0.3 is 24.1 Å². The zero-order valence-electron chi connectivity index (χ0n) is 19.3. The Morgan fingerprint density at radius 1 is 1.12 bits per heavy atom. The molecule has 1 fully saturated rings. The van der Waals surface area contributed by atoms with E-state index in [1.54, 1.807) is 20.5 Å². The van der Waals surface area contributed by atoms with Crippen molar-refractivity contribution in [3.05, 3.63) is 47.4 Å². The Labute approximate surface area is 208 Å². The molecule has 176 valence electrons. The van der Waals surface area contributed by atoms with E-state index in [1.165, 1.54) is 24.0 Å². The quantitative estimate of drug-likeness (QED) is 0.317. The number of hydrogen-bond acceptors (Lipinski definition) is 5. The SMILES string of the molecule is CCNC(=NCC(c1ccco1)N1CCCC1)N1CCc2cc(OC)c(OC)cc2C1.I. The van der Waals surface area contributed by atoms with E-state index in [1.807, 2.05) is 6.07 Å². The molecule has 7 nitrogen and oxygen atoms in total. The molecule has 0 saturated carbocycles. The molecule has 4 rings (SSSR count). The summed E-state index contributed by atoms with van der Waals surface area (Å²) in [5, 5.41) is 3.50. The molecule has 1 N–H and O–H groups in total. The van der Waals surface area contributed by atoms with Crippen molar-refractivity contribution in [2.24, 2.45) is 4.99 Å². The van der Waals surface area contributed by atoms with Gasteiger partial charge in [-0.2, -0.15) is 0 Å². The van der Waals surface area contributed by atoms with Gasteiger partial charge in [0.25, 0.3) is 0 Å². The van der Waals surface area contributed by atoms with Crippen molar-refractivity contribution < 1.29 is 13.9 Å². The first kappa shape index (κ1) is 24.7. The van der Waals surface area contributed by atoms with Crippen LogP contribution < -0.4 is 14.8 Å². The number of aliphatic imine (C=N–C) groups is 1. The molecule has 2 aliphatic rings. The van der Waals surface area contributed by atoms with Gasteiger partial charge in [0.05, 0.1) is 33.1 Å². The average molecular weight is 554 g/mol. The lowest BCUT2D eigenvalue weighted by Crippen LogP contribution is -2.44. The van der Waals surface area contributed by atoms with Gasteiger partial charge >= 0.3 is 0 Å². The van der Waals surface area contributed by atoms with Gasteiger partial charge in [-0.1, -0.05) is 0 Å². The number of fused-ring (bicyclic) bond motifs is 1. The molecule has 1 unspecified atom stereocenters. The van der Waals surface area contributed by atoms with Crippen LogP contribution in [0.25, 0.3) is 0 Å². The van der Waals surface area contributed by atoms with Crippen LogP contribution in [0.3, 0.4) is 0 Å². The minimum absolute atomic E-state index is 0. The molecule has 1 saturated heterocycles. The van der Waals surface area contributed by atoms with E-state index in [2.05, 4.69) is 40.2 Å². The fourth-order valence-electron chi connectivity index (χ4n) is 4.58. The number of ether oxygens (including phenoxy) is 2. The Morgan fingerprint density at radius 2 is 1.84 bits per heavy atom. The minimum atomic E-state index is 0. The smallest absolute Gasteiger partial charge is 0.194 e. The van der Waals surface area contributed by atoms with Crippen molar-refractivity contribution in [1.29, 1.82) is 0 Å². The second-order valence-corrected chi connectivity index (χ2v) is 8.12. The number of halogens is 1. The predicted molar refractivity (Wildman–Crippen MR) is 137 cm³/mol. The highest BCUT2D eigenvalue weighted by Crippen LogP contribution is 2.33. The molecule has 0 radical (unpaired) electrons. The summed E-state index contributed by atoms with van der Waals surface area (Å²) in [6, 6.07) is 8.43. The number of methoxy groups -OCH3 is 2. The first-order chi connectivity index (χ1) is 15.2. The Bertz CT molecular complexity index is 882. The largest absolute Gasteiger partial charge is 0.493 e. The van der Waals surface area contributed by atoms with E-state index in [9.17, 15) is 0 Å². The molecule has 32 heavy (non-hydrogen) atoms. The van der Waals surface area contributed by atoms with Crippen LogP contribution >= 0.6 is 24.0 Å². The van der Waals surface area contributed by atoms with Crippen molar-refractivity contribution in [2.45, 2.75) is 38.8 Å². The van der Waals surface area contributed by atoms with Crippen LogP contribution in [0, 0.1) is 0 Å². The summed E-state index contributed by atoms with van der Waals surface area (Å²) in [6.45, 7) is 7.58. The van der Waals surface area contributed by atoms with Crippen molar-refractivity contribution in [3.63, 3.8) is 0 Å². The molecule has 2 aromatic rings. The minimum Gasteiger partial charge on any atom is -0.493 e. The average Bonchev–Trinajstić information content (AvgIpc) is 3.52. The summed E-state index contributed by atoms with van der Waals surface area (Å²) >= 11 is 0. The van der Waals surface area contributed by atoms with Crippen LogP contribution in [0.4, 0.5) is 0 Å². The summed E-state index contributed by atoms with van der Waals surface area (Å²) in [5.74, 6) is 3.53. The van der Waals surface area contributed by atoms with Crippen molar-refractivity contribution >= 4 is 29.9 Å². The fourth-order valence-corrected chi connectivity index (χ4v) is 4.58. The molecular formula is C24H35IN4O3. The molecule has 1 aromatic heterocycles. The Morgan fingerprint density at radius 3 is 2.47 bits per heavy atom. The lowest BCUT2D eigenvalue weighted by Gasteiger charge is -2.33. The molecule has 0 amide bonds. The van der Waals surface area contributed by atoms with E-state index >= 15 is 0 Å². The fraction of sp³-hybridized carbons (Fsp3) is 0.542. The summed E-state index contributed by atoms with van der Waals surface area (Å²) in [4.78, 5) is 9.89. The second-order valence-electron chi connectivity index (χ2n) is 8.12. The summed E-state index contributed by atoms with van der Waals surface area (Å²) in [6.07, 6.45) is 5.20. The Hall–Kier alpha value is -1.94. The van der Waals surface area contributed by atoms with Gasteiger partial charge in [-0.05, 0) is 74.7 Å². The van der Waals surface area contributed by atoms with Gasteiger partial charge in [0, 0.05) is 19.6 Å². The predicted octanol–water partition coefficient (Wildman–Crippen LogP) is 4.08. The standard InChI is InChI=1S/C24H34N4O3.HI/c1-4-25-24(26-16-20(21-8-7-13-31-21)27-10-5-6-11-27)28-12-9-18-14-22(29-2)23(30-3)15-19(18)17-28;/h7-8,13-15,20H,4-6,9-12,16-17H2,1-3H3,(H,25,26);1H. The molecular weight excluding hydrogens is 519 g/mol. The van der Waals surface area contributed by atoms with Gasteiger partial charge in [-0.3, -0.25) is 9.89 Å². The number of hydrogen-bond donors (Lipinski definition) is 1. The number of rotatable bonds is 7. The molecule has 0 aliphatic carbocycles. The molecule has 1 atom stereocenters. The number of guanidine groups is 1. The zero-order valence-corrected chi connectivity index (χ0v) is 21.6. The topological polar surface area (TPSA) is 62.5 Å². The highest BCUT2D eigenvalue weighted by Gasteiger charge is 2.27. The summed E-state index contributed by atoms with van der Waals surface area (Å²) < 4.78 is 16.8. The maximum atomic E-state index is 5.77. The maximum absolute atomic E-state index is 5.77. The maximum Gasteiger partial charge on any atom is 0.194 e. The number of nitrogens with zero attached hydrogens (tertiary/aromatic N) is 3. The van der Waals surface area contributed by atoms with Crippen LogP contribution in [0.2, 0.25) is 0 Å². The van der Waals surface area contributed by atoms with Gasteiger partial charge in [0.1, 0.15) is 5.76 Å². The van der Waals surface area contributed by atoms with Gasteiger partial charge in [0.2, 0.25) is 0 Å². The second kappa shape index (κ2) is 11.8. The van der Waals surface area contributed by atoms with Crippen LogP contribution in [0.1, 0.15) is 42.7 Å². The van der Waals surface area contributed by atoms with Crippen LogP contribution in [0.15, 0.2) is 39.9 Å². The molecule has 0 spiro atoms. The number of nitrogens with one attached hydrogen (secondary N) is 1. The first-order valence-corrected chi connectivity index (χ1v) is 11.3. The zero-order chi connectivity index (χ0) is 21.6. The van der Waals surface area contributed by atoms with Crippen molar-refractivity contribution in [3.8, 4) is 11.5 Å². The van der Waals surface area contributed by atoms with Gasteiger partial charge in [-0.25, -0.2) is 0 Å². The van der Waals surface area contributed by atoms with E-state index in [0.717, 1.165) is 62.4 Å². The van der Waals surface area contributed by atoms with Crippen molar-refractivity contribution in [2.75, 3.05) is 46.9 Å². The third-order valence-corrected chi connectivity index (χ3v) is 6.22. The Kier molecular flexibility index (Phi) is 9.10. The third-order valence-electron chi connectivity index (χ3n) is 6.22. The highest BCUT2D eigenvalue weighted by atomic mass is 127. The van der Waals surface area contributed by atoms with E-state index in [4.69, 9.17) is 18.9 Å². The van der Waals surface area contributed by atoms with E-state index < -0.39 is 0 Å². The number of likely N-dealkylation sites (tertiary alicyclic amines) is 1. The third kappa shape index (κ3) is 5.51. The van der Waals surface area contributed by atoms with Crippen LogP contribution in [-0.4, -0.2) is 62.7 Å². The monoisotopic (exact) mass is 554 g/mol. The number of benzene rings is 1. The molecule has 8 heteroatoms. The van der Waals surface area contributed by atoms with E-state index in [-0.39, 0.29) is 30.0 Å². The first-order valence-electron chi connectivity index (χ1n) is 11.3. The molecule has 2 aliphatic heterocycles. The number of furan rings is 1. The lowest BCUT2D eigenvalue weighted by atomic mass is 9.99. The molecule has 0 bridgehead atoms. The molecule has 1 aromatic carbocycles. The lowest BCUT2D eigenvalue weighted by molar-refractivity contribution is 0.220. The van der Waals surface area contributed by atoms with Crippen LogP contribution in [0.5, 0.6) is 11.5 Å². The van der Waals surface area contributed by atoms with Crippen molar-refractivity contribution in [1.82, 2.24) is 15.1 Å². The van der Waals surface area contributed by atoms with Gasteiger partial charge in [-0.15, -0.1) is 24.0 Å².